The van der Waals surface area contributed by atoms with Crippen molar-refractivity contribution < 1.29 is 0 Å². The van der Waals surface area contributed by atoms with Crippen molar-refractivity contribution in [1.82, 2.24) is 10.2 Å². The molecule has 0 unspecified atom stereocenters. The molecule has 0 spiro atoms. The van der Waals surface area contributed by atoms with Crippen molar-refractivity contribution in [3.63, 3.8) is 0 Å². The molecule has 0 N–H and O–H groups in total. The van der Waals surface area contributed by atoms with Crippen LogP contribution in [0.25, 0.3) is 22.3 Å². The van der Waals surface area contributed by atoms with Crippen LogP contribution in [0.1, 0.15) is 0 Å². The number of benzene rings is 2. The Labute approximate surface area is 106 Å². The molecule has 3 rings (SSSR count). The van der Waals surface area contributed by atoms with E-state index in [1.165, 1.54) is 11.1 Å². The second-order valence-corrected chi connectivity index (χ2v) is 4.07. The predicted molar refractivity (Wildman–Crippen MR) is 72.9 cm³/mol. The molecule has 0 atom stereocenters. The zero-order valence-electron chi connectivity index (χ0n) is 9.82. The number of hydrogen-bond donors (Lipinski definition) is 0. The van der Waals surface area contributed by atoms with Gasteiger partial charge in [-0.3, -0.25) is 0 Å². The van der Waals surface area contributed by atoms with Gasteiger partial charge >= 0.3 is 0 Å². The molecule has 0 aliphatic heterocycles. The fourth-order valence-corrected chi connectivity index (χ4v) is 1.95. The summed E-state index contributed by atoms with van der Waals surface area (Å²) in [6, 6.07) is 20.8. The molecule has 2 nitrogen and oxygen atoms in total. The molecule has 3 aromatic rings. The smallest absolute Gasteiger partial charge is 0.0574 e. The van der Waals surface area contributed by atoms with Crippen LogP contribution in [0.15, 0.2) is 73.1 Å². The van der Waals surface area contributed by atoms with Gasteiger partial charge in [0, 0.05) is 5.56 Å². The predicted octanol–water partition coefficient (Wildman–Crippen LogP) is 3.81. The summed E-state index contributed by atoms with van der Waals surface area (Å²) >= 11 is 0. The highest BCUT2D eigenvalue weighted by Crippen LogP contribution is 2.23. The summed E-state index contributed by atoms with van der Waals surface area (Å²) < 4.78 is 0. The van der Waals surface area contributed by atoms with Crippen LogP contribution in [0.2, 0.25) is 0 Å². The van der Waals surface area contributed by atoms with E-state index in [4.69, 9.17) is 0 Å². The Hall–Kier alpha value is -2.48. The molecule has 1 aromatic heterocycles. The molecule has 0 aliphatic rings. The monoisotopic (exact) mass is 232 g/mol. The Morgan fingerprint density at radius 3 is 1.72 bits per heavy atom. The zero-order chi connectivity index (χ0) is 12.2. The normalized spacial score (nSPS) is 10.2. The Balaban J connectivity index is 1.95. The van der Waals surface area contributed by atoms with Crippen LogP contribution in [-0.2, 0) is 0 Å². The van der Waals surface area contributed by atoms with Gasteiger partial charge in [0.2, 0.25) is 0 Å². The SMILES string of the molecule is c1ccc(-c2ccc(-c3ccnnc3)cc2)cc1. The molecule has 18 heavy (non-hydrogen) atoms. The lowest BCUT2D eigenvalue weighted by Gasteiger charge is -2.04. The van der Waals surface area contributed by atoms with Gasteiger partial charge in [-0.05, 0) is 22.8 Å². The van der Waals surface area contributed by atoms with Crippen molar-refractivity contribution in [2.24, 2.45) is 0 Å². The van der Waals surface area contributed by atoms with Gasteiger partial charge in [0.05, 0.1) is 12.4 Å². The third-order valence-electron chi connectivity index (χ3n) is 2.91. The molecule has 1 heterocycles. The van der Waals surface area contributed by atoms with E-state index in [-0.39, 0.29) is 0 Å². The van der Waals surface area contributed by atoms with E-state index in [0.29, 0.717) is 0 Å². The van der Waals surface area contributed by atoms with Crippen LogP contribution < -0.4 is 0 Å². The molecule has 0 saturated heterocycles. The van der Waals surface area contributed by atoms with Gasteiger partial charge in [-0.25, -0.2) is 0 Å². The average Bonchev–Trinajstić information content (AvgIpc) is 2.49. The van der Waals surface area contributed by atoms with E-state index >= 15 is 0 Å². The van der Waals surface area contributed by atoms with Crippen molar-refractivity contribution >= 4 is 0 Å². The fourth-order valence-electron chi connectivity index (χ4n) is 1.95. The highest BCUT2D eigenvalue weighted by Gasteiger charge is 1.99. The molecule has 0 bridgehead atoms. The van der Waals surface area contributed by atoms with Gasteiger partial charge in [-0.1, -0.05) is 54.6 Å². The van der Waals surface area contributed by atoms with E-state index in [1.807, 2.05) is 12.1 Å². The molecule has 2 heteroatoms. The molecule has 0 fully saturated rings. The summed E-state index contributed by atoms with van der Waals surface area (Å²) in [4.78, 5) is 0. The zero-order valence-corrected chi connectivity index (χ0v) is 9.82. The number of rotatable bonds is 2. The first-order valence-corrected chi connectivity index (χ1v) is 5.86. The summed E-state index contributed by atoms with van der Waals surface area (Å²) in [6.45, 7) is 0. The fraction of sp³-hybridized carbons (Fsp3) is 0. The maximum atomic E-state index is 3.89. The first-order chi connectivity index (χ1) is 8.93. The topological polar surface area (TPSA) is 25.8 Å². The van der Waals surface area contributed by atoms with Gasteiger partial charge < -0.3 is 0 Å². The van der Waals surface area contributed by atoms with E-state index in [0.717, 1.165) is 11.1 Å². The van der Waals surface area contributed by atoms with Crippen LogP contribution in [0.5, 0.6) is 0 Å². The molecule has 0 saturated carbocycles. The summed E-state index contributed by atoms with van der Waals surface area (Å²) in [5.41, 5.74) is 4.70. The second kappa shape index (κ2) is 4.80. The molecule has 86 valence electrons. The van der Waals surface area contributed by atoms with Crippen molar-refractivity contribution in [2.45, 2.75) is 0 Å². The minimum Gasteiger partial charge on any atom is -0.159 e. The molecular formula is C16H12N2. The number of aromatic nitrogens is 2. The molecule has 0 aliphatic carbocycles. The minimum atomic E-state index is 1.09. The van der Waals surface area contributed by atoms with Crippen molar-refractivity contribution in [3.05, 3.63) is 73.1 Å². The van der Waals surface area contributed by atoms with Crippen molar-refractivity contribution in [2.75, 3.05) is 0 Å². The van der Waals surface area contributed by atoms with Crippen molar-refractivity contribution in [1.29, 1.82) is 0 Å². The molecule has 2 aromatic carbocycles. The van der Waals surface area contributed by atoms with Gasteiger partial charge in [-0.2, -0.15) is 10.2 Å². The van der Waals surface area contributed by atoms with Gasteiger partial charge in [0.1, 0.15) is 0 Å². The summed E-state index contributed by atoms with van der Waals surface area (Å²) in [5, 5.41) is 7.68. The number of nitrogens with zero attached hydrogens (tertiary/aromatic N) is 2. The Kier molecular flexibility index (Phi) is 2.84. The largest absolute Gasteiger partial charge is 0.159 e. The first-order valence-electron chi connectivity index (χ1n) is 5.86. The Morgan fingerprint density at radius 2 is 1.11 bits per heavy atom. The minimum absolute atomic E-state index is 1.09. The lowest BCUT2D eigenvalue weighted by atomic mass is 10.0. The van der Waals surface area contributed by atoms with E-state index < -0.39 is 0 Å². The van der Waals surface area contributed by atoms with Crippen LogP contribution in [0, 0.1) is 0 Å². The summed E-state index contributed by atoms with van der Waals surface area (Å²) in [5.74, 6) is 0. The molecule has 0 radical (unpaired) electrons. The maximum absolute atomic E-state index is 3.89. The highest BCUT2D eigenvalue weighted by atomic mass is 15.1. The van der Waals surface area contributed by atoms with Crippen LogP contribution in [-0.4, -0.2) is 10.2 Å². The Morgan fingerprint density at radius 1 is 0.500 bits per heavy atom. The van der Waals surface area contributed by atoms with Gasteiger partial charge in [-0.15, -0.1) is 0 Å². The first kappa shape index (κ1) is 10.7. The lowest BCUT2D eigenvalue weighted by Crippen LogP contribution is -1.83. The Bertz CT molecular complexity index is 558. The van der Waals surface area contributed by atoms with E-state index in [9.17, 15) is 0 Å². The molecule has 0 amide bonds. The van der Waals surface area contributed by atoms with Crippen LogP contribution in [0.4, 0.5) is 0 Å². The van der Waals surface area contributed by atoms with E-state index in [2.05, 4.69) is 58.7 Å². The summed E-state index contributed by atoms with van der Waals surface area (Å²) in [6.07, 6.45) is 3.48. The van der Waals surface area contributed by atoms with Crippen LogP contribution >= 0.6 is 0 Å². The van der Waals surface area contributed by atoms with Gasteiger partial charge in [0.15, 0.2) is 0 Å². The highest BCUT2D eigenvalue weighted by molar-refractivity contribution is 5.69. The quantitative estimate of drug-likeness (QED) is 0.671. The third kappa shape index (κ3) is 2.13. The van der Waals surface area contributed by atoms with Crippen LogP contribution in [0.3, 0.4) is 0 Å². The summed E-state index contributed by atoms with van der Waals surface area (Å²) in [7, 11) is 0. The van der Waals surface area contributed by atoms with Gasteiger partial charge in [0.25, 0.3) is 0 Å². The van der Waals surface area contributed by atoms with E-state index in [1.54, 1.807) is 12.4 Å². The second-order valence-electron chi connectivity index (χ2n) is 4.07. The average molecular weight is 232 g/mol. The number of hydrogen-bond acceptors (Lipinski definition) is 2. The van der Waals surface area contributed by atoms with Crippen molar-refractivity contribution in [3.8, 4) is 22.3 Å². The molecular weight excluding hydrogens is 220 g/mol. The standard InChI is InChI=1S/C16H12N2/c1-2-4-13(5-3-1)14-6-8-15(9-7-14)16-10-11-17-18-12-16/h1-12H. The lowest BCUT2D eigenvalue weighted by molar-refractivity contribution is 1.03. The maximum Gasteiger partial charge on any atom is 0.0574 e. The third-order valence-corrected chi connectivity index (χ3v) is 2.91.